The molecule has 1 aliphatic rings. The van der Waals surface area contributed by atoms with Crippen molar-refractivity contribution in [3.63, 3.8) is 0 Å². The fourth-order valence-corrected chi connectivity index (χ4v) is 4.13. The van der Waals surface area contributed by atoms with E-state index in [1.54, 1.807) is 6.07 Å². The maximum Gasteiger partial charge on any atom is 0.252 e. The molecule has 0 saturated heterocycles. The number of rotatable bonds is 3. The molecule has 3 N–H and O–H groups in total. The van der Waals surface area contributed by atoms with Crippen LogP contribution in [0.3, 0.4) is 0 Å². The van der Waals surface area contributed by atoms with E-state index in [1.807, 2.05) is 0 Å². The minimum atomic E-state index is -3.81. The number of primary sulfonamides is 1. The maximum absolute atomic E-state index is 13.3. The number of benzene rings is 1. The van der Waals surface area contributed by atoms with E-state index >= 15 is 0 Å². The van der Waals surface area contributed by atoms with Gasteiger partial charge in [0.15, 0.2) is 0 Å². The Hall–Kier alpha value is -1.77. The fraction of sp³-hybridized carbons (Fsp3) is 0.214. The van der Waals surface area contributed by atoms with Crippen molar-refractivity contribution >= 4 is 27.3 Å². The Morgan fingerprint density at radius 3 is 2.82 bits per heavy atom. The summed E-state index contributed by atoms with van der Waals surface area (Å²) in [6.45, 7) is 0. The summed E-state index contributed by atoms with van der Waals surface area (Å²) >= 11 is 0.897. The highest BCUT2D eigenvalue weighted by molar-refractivity contribution is 7.91. The predicted molar refractivity (Wildman–Crippen MR) is 80.6 cm³/mol. The van der Waals surface area contributed by atoms with Crippen molar-refractivity contribution in [1.29, 1.82) is 0 Å². The second-order valence-electron chi connectivity index (χ2n) is 5.11. The second kappa shape index (κ2) is 5.45. The number of hydrogen-bond donors (Lipinski definition) is 2. The molecular formula is C14H13FN2O3S2. The zero-order chi connectivity index (χ0) is 15.9. The van der Waals surface area contributed by atoms with Crippen molar-refractivity contribution in [3.05, 3.63) is 52.2 Å². The summed E-state index contributed by atoms with van der Waals surface area (Å²) in [7, 11) is -3.81. The number of fused-ring (bicyclic) bond motifs is 1. The van der Waals surface area contributed by atoms with E-state index in [2.05, 4.69) is 5.32 Å². The lowest BCUT2D eigenvalue weighted by Gasteiger charge is -2.13. The number of sulfonamides is 1. The SMILES string of the molecule is NS(=O)(=O)c1cc(C(=O)N[C@@H]2CCc3ccc(F)cc32)cs1. The molecule has 3 rings (SSSR count). The van der Waals surface area contributed by atoms with Gasteiger partial charge in [-0.15, -0.1) is 11.3 Å². The third kappa shape index (κ3) is 2.90. The van der Waals surface area contributed by atoms with Crippen LogP contribution in [0.5, 0.6) is 0 Å². The van der Waals surface area contributed by atoms with Crippen LogP contribution < -0.4 is 10.5 Å². The van der Waals surface area contributed by atoms with Crippen molar-refractivity contribution in [1.82, 2.24) is 5.32 Å². The van der Waals surface area contributed by atoms with Gasteiger partial charge in [0, 0.05) is 5.38 Å². The van der Waals surface area contributed by atoms with Crippen molar-refractivity contribution in [3.8, 4) is 0 Å². The lowest BCUT2D eigenvalue weighted by Crippen LogP contribution is -2.26. The van der Waals surface area contributed by atoms with Crippen molar-refractivity contribution in [2.45, 2.75) is 23.1 Å². The summed E-state index contributed by atoms with van der Waals surface area (Å²) in [5.74, 6) is -0.736. The van der Waals surface area contributed by atoms with Gasteiger partial charge in [-0.2, -0.15) is 0 Å². The molecule has 0 aliphatic heterocycles. The van der Waals surface area contributed by atoms with E-state index in [4.69, 9.17) is 5.14 Å². The van der Waals surface area contributed by atoms with Crippen LogP contribution in [0.15, 0.2) is 33.9 Å². The number of nitrogens with one attached hydrogen (secondary N) is 1. The fourth-order valence-electron chi connectivity index (χ4n) is 2.55. The lowest BCUT2D eigenvalue weighted by molar-refractivity contribution is 0.0937. The lowest BCUT2D eigenvalue weighted by atomic mass is 10.1. The molecule has 0 fully saturated rings. The van der Waals surface area contributed by atoms with Crippen LogP contribution in [-0.2, 0) is 16.4 Å². The summed E-state index contributed by atoms with van der Waals surface area (Å²) in [5.41, 5.74) is 2.02. The number of hydrogen-bond acceptors (Lipinski definition) is 4. The molecule has 0 saturated carbocycles. The first-order valence-electron chi connectivity index (χ1n) is 6.55. The van der Waals surface area contributed by atoms with Crippen molar-refractivity contribution in [2.75, 3.05) is 0 Å². The van der Waals surface area contributed by atoms with Crippen LogP contribution in [0, 0.1) is 5.82 Å². The number of carbonyl (C=O) groups excluding carboxylic acids is 1. The van der Waals surface area contributed by atoms with Gasteiger partial charge in [0.1, 0.15) is 10.0 Å². The van der Waals surface area contributed by atoms with Gasteiger partial charge < -0.3 is 5.32 Å². The molecule has 0 radical (unpaired) electrons. The Balaban J connectivity index is 1.79. The van der Waals surface area contributed by atoms with Crippen LogP contribution in [0.4, 0.5) is 4.39 Å². The number of amides is 1. The molecule has 1 aliphatic carbocycles. The number of halogens is 1. The molecule has 2 aromatic rings. The van der Waals surface area contributed by atoms with Crippen LogP contribution >= 0.6 is 11.3 Å². The smallest absolute Gasteiger partial charge is 0.252 e. The maximum atomic E-state index is 13.3. The highest BCUT2D eigenvalue weighted by Gasteiger charge is 2.25. The number of thiophene rings is 1. The van der Waals surface area contributed by atoms with Crippen molar-refractivity contribution in [2.24, 2.45) is 5.14 Å². The second-order valence-corrected chi connectivity index (χ2v) is 7.81. The number of nitrogens with two attached hydrogens (primary N) is 1. The molecule has 1 aromatic carbocycles. The highest BCUT2D eigenvalue weighted by Crippen LogP contribution is 2.32. The zero-order valence-electron chi connectivity index (χ0n) is 11.4. The standard InChI is InChI=1S/C14H13FN2O3S2/c15-10-3-1-8-2-4-12(11(8)6-10)17-14(18)9-5-13(21-7-9)22(16,19)20/h1,3,5-7,12H,2,4H2,(H,17,18)(H2,16,19,20)/t12-/m1/s1. The molecule has 0 bridgehead atoms. The molecule has 8 heteroatoms. The topological polar surface area (TPSA) is 89.3 Å². The number of aryl methyl sites for hydroxylation is 1. The van der Waals surface area contributed by atoms with Crippen LogP contribution in [0.25, 0.3) is 0 Å². The third-order valence-electron chi connectivity index (χ3n) is 3.61. The quantitative estimate of drug-likeness (QED) is 0.895. The van der Waals surface area contributed by atoms with E-state index < -0.39 is 15.9 Å². The number of carbonyl (C=O) groups is 1. The Morgan fingerprint density at radius 2 is 2.14 bits per heavy atom. The third-order valence-corrected chi connectivity index (χ3v) is 6.00. The van der Waals surface area contributed by atoms with E-state index in [9.17, 15) is 17.6 Å². The first-order valence-corrected chi connectivity index (χ1v) is 8.98. The first kappa shape index (κ1) is 15.1. The molecule has 116 valence electrons. The van der Waals surface area contributed by atoms with Gasteiger partial charge in [-0.3, -0.25) is 4.79 Å². The van der Waals surface area contributed by atoms with Gasteiger partial charge in [-0.25, -0.2) is 17.9 Å². The van der Waals surface area contributed by atoms with Crippen LogP contribution in [-0.4, -0.2) is 14.3 Å². The van der Waals surface area contributed by atoms with E-state index in [0.29, 0.717) is 6.42 Å². The van der Waals surface area contributed by atoms with Gasteiger partial charge in [0.25, 0.3) is 5.91 Å². The molecule has 1 aromatic heterocycles. The first-order chi connectivity index (χ1) is 10.3. The average Bonchev–Trinajstić information content (AvgIpc) is 3.05. The molecular weight excluding hydrogens is 327 g/mol. The van der Waals surface area contributed by atoms with Crippen LogP contribution in [0.2, 0.25) is 0 Å². The normalized spacial score (nSPS) is 17.3. The molecule has 22 heavy (non-hydrogen) atoms. The Bertz CT molecular complexity index is 846. The zero-order valence-corrected chi connectivity index (χ0v) is 13.0. The summed E-state index contributed by atoms with van der Waals surface area (Å²) in [4.78, 5) is 12.2. The molecule has 0 spiro atoms. The summed E-state index contributed by atoms with van der Waals surface area (Å²) in [5, 5.41) is 9.27. The van der Waals surface area contributed by atoms with Gasteiger partial charge in [-0.05, 0) is 42.2 Å². The van der Waals surface area contributed by atoms with Gasteiger partial charge in [0.05, 0.1) is 11.6 Å². The van der Waals surface area contributed by atoms with Gasteiger partial charge in [0.2, 0.25) is 10.0 Å². The highest BCUT2D eigenvalue weighted by atomic mass is 32.2. The monoisotopic (exact) mass is 340 g/mol. The molecule has 0 unspecified atom stereocenters. The Kier molecular flexibility index (Phi) is 3.75. The average molecular weight is 340 g/mol. The Morgan fingerprint density at radius 1 is 1.36 bits per heavy atom. The molecule has 1 amide bonds. The largest absolute Gasteiger partial charge is 0.345 e. The molecule has 5 nitrogen and oxygen atoms in total. The predicted octanol–water partition coefficient (Wildman–Crippen LogP) is 1.95. The summed E-state index contributed by atoms with van der Waals surface area (Å²) in [6, 6.07) is 5.53. The van der Waals surface area contributed by atoms with E-state index in [1.165, 1.54) is 23.6 Å². The van der Waals surface area contributed by atoms with E-state index in [0.717, 1.165) is 28.9 Å². The minimum absolute atomic E-state index is 0.0597. The van der Waals surface area contributed by atoms with E-state index in [-0.39, 0.29) is 21.6 Å². The van der Waals surface area contributed by atoms with Crippen molar-refractivity contribution < 1.29 is 17.6 Å². The molecule has 1 atom stereocenters. The Labute approximate surface area is 131 Å². The van der Waals surface area contributed by atoms with Crippen LogP contribution in [0.1, 0.15) is 33.9 Å². The summed E-state index contributed by atoms with van der Waals surface area (Å²) < 4.78 is 35.7. The molecule has 1 heterocycles. The minimum Gasteiger partial charge on any atom is -0.345 e. The van der Waals surface area contributed by atoms with Gasteiger partial charge in [-0.1, -0.05) is 6.07 Å². The summed E-state index contributed by atoms with van der Waals surface area (Å²) in [6.07, 6.45) is 1.46. The van der Waals surface area contributed by atoms with Gasteiger partial charge >= 0.3 is 0 Å².